The van der Waals surface area contributed by atoms with Gasteiger partial charge in [0.15, 0.2) is 0 Å². The van der Waals surface area contributed by atoms with E-state index in [1.807, 2.05) is 30.5 Å². The Morgan fingerprint density at radius 1 is 1.47 bits per heavy atom. The maximum Gasteiger partial charge on any atom is 0.232 e. The Bertz CT molecular complexity index is 341. The number of hydrogen-bond acceptors (Lipinski definition) is 3. The van der Waals surface area contributed by atoms with Gasteiger partial charge in [-0.3, -0.25) is 4.79 Å². The van der Waals surface area contributed by atoms with E-state index in [2.05, 4.69) is 0 Å². The predicted molar refractivity (Wildman–Crippen MR) is 65.7 cm³/mol. The number of anilines is 1. The normalized spacial score (nSPS) is 10.0. The van der Waals surface area contributed by atoms with Crippen molar-refractivity contribution in [3.8, 4) is 0 Å². The average Bonchev–Trinajstić information content (AvgIpc) is 2.21. The fourth-order valence-electron chi connectivity index (χ4n) is 1.26. The molecular weight excluding hydrogens is 208 g/mol. The van der Waals surface area contributed by atoms with Crippen LogP contribution in [-0.2, 0) is 11.3 Å². The maximum absolute atomic E-state index is 11.5. The second-order valence-electron chi connectivity index (χ2n) is 3.38. The summed E-state index contributed by atoms with van der Waals surface area (Å²) < 4.78 is 0. The molecule has 0 saturated heterocycles. The topological polar surface area (TPSA) is 46.3 Å². The minimum atomic E-state index is 0.130. The number of carbonyl (C=O) groups is 1. The van der Waals surface area contributed by atoms with Gasteiger partial charge in [-0.1, -0.05) is 18.2 Å². The first kappa shape index (κ1) is 11.9. The number of amides is 1. The van der Waals surface area contributed by atoms with Crippen molar-refractivity contribution in [3.63, 3.8) is 0 Å². The van der Waals surface area contributed by atoms with Crippen molar-refractivity contribution in [1.82, 2.24) is 4.90 Å². The standard InChI is InChI=1S/C11H16N2OS/c1-13(11(14)8-15-2)7-9-5-3-4-6-10(9)12/h3-6H,7-8,12H2,1-2H3. The van der Waals surface area contributed by atoms with Gasteiger partial charge in [-0.2, -0.15) is 11.8 Å². The Morgan fingerprint density at radius 2 is 2.13 bits per heavy atom. The van der Waals surface area contributed by atoms with Crippen LogP contribution in [0, 0.1) is 0 Å². The van der Waals surface area contributed by atoms with Crippen molar-refractivity contribution in [3.05, 3.63) is 29.8 Å². The Balaban J connectivity index is 2.62. The Hall–Kier alpha value is -1.16. The molecule has 0 radical (unpaired) electrons. The van der Waals surface area contributed by atoms with Crippen LogP contribution in [0.2, 0.25) is 0 Å². The van der Waals surface area contributed by atoms with E-state index in [0.29, 0.717) is 12.3 Å². The van der Waals surface area contributed by atoms with Crippen LogP contribution in [0.5, 0.6) is 0 Å². The number of thioether (sulfide) groups is 1. The zero-order valence-corrected chi connectivity index (χ0v) is 9.88. The molecule has 0 atom stereocenters. The van der Waals surface area contributed by atoms with Crippen molar-refractivity contribution < 1.29 is 4.79 Å². The van der Waals surface area contributed by atoms with Gasteiger partial charge in [0.1, 0.15) is 0 Å². The summed E-state index contributed by atoms with van der Waals surface area (Å²) in [5.41, 5.74) is 7.53. The highest BCUT2D eigenvalue weighted by molar-refractivity contribution is 7.99. The lowest BCUT2D eigenvalue weighted by molar-refractivity contribution is -0.127. The van der Waals surface area contributed by atoms with Crippen LogP contribution in [0.25, 0.3) is 0 Å². The summed E-state index contributed by atoms with van der Waals surface area (Å²) in [6.45, 7) is 0.575. The van der Waals surface area contributed by atoms with E-state index in [-0.39, 0.29) is 5.91 Å². The quantitative estimate of drug-likeness (QED) is 0.790. The van der Waals surface area contributed by atoms with E-state index in [4.69, 9.17) is 5.73 Å². The molecule has 15 heavy (non-hydrogen) atoms. The molecule has 1 aromatic rings. The molecule has 2 N–H and O–H groups in total. The molecule has 0 fully saturated rings. The Morgan fingerprint density at radius 3 is 2.73 bits per heavy atom. The molecule has 0 saturated carbocycles. The van der Waals surface area contributed by atoms with E-state index in [0.717, 1.165) is 11.3 Å². The van der Waals surface area contributed by atoms with Crippen LogP contribution in [0.4, 0.5) is 5.69 Å². The number of nitrogens with two attached hydrogens (primary N) is 1. The lowest BCUT2D eigenvalue weighted by Crippen LogP contribution is -2.28. The third kappa shape index (κ3) is 3.47. The van der Waals surface area contributed by atoms with Gasteiger partial charge in [-0.05, 0) is 17.9 Å². The molecule has 3 nitrogen and oxygen atoms in total. The number of para-hydroxylation sites is 1. The van der Waals surface area contributed by atoms with Gasteiger partial charge in [0.25, 0.3) is 0 Å². The first-order valence-corrected chi connectivity index (χ1v) is 6.11. The number of nitrogens with zero attached hydrogens (tertiary/aromatic N) is 1. The van der Waals surface area contributed by atoms with Crippen molar-refractivity contribution >= 4 is 23.4 Å². The number of rotatable bonds is 4. The molecule has 1 aromatic carbocycles. The molecule has 1 rings (SSSR count). The van der Waals surface area contributed by atoms with Gasteiger partial charge < -0.3 is 10.6 Å². The highest BCUT2D eigenvalue weighted by Crippen LogP contribution is 2.12. The zero-order chi connectivity index (χ0) is 11.3. The average molecular weight is 224 g/mol. The van der Waals surface area contributed by atoms with Crippen LogP contribution >= 0.6 is 11.8 Å². The minimum absolute atomic E-state index is 0.130. The van der Waals surface area contributed by atoms with Gasteiger partial charge in [0.05, 0.1) is 5.75 Å². The third-order valence-corrected chi connectivity index (χ3v) is 2.69. The first-order chi connectivity index (χ1) is 7.15. The summed E-state index contributed by atoms with van der Waals surface area (Å²) in [4.78, 5) is 13.2. The number of carbonyl (C=O) groups excluding carboxylic acids is 1. The second-order valence-corrected chi connectivity index (χ2v) is 4.25. The van der Waals surface area contributed by atoms with E-state index < -0.39 is 0 Å². The molecule has 4 heteroatoms. The molecule has 0 bridgehead atoms. The van der Waals surface area contributed by atoms with Crippen molar-refractivity contribution in [2.45, 2.75) is 6.54 Å². The number of nitrogen functional groups attached to an aromatic ring is 1. The molecule has 0 aliphatic rings. The number of hydrogen-bond donors (Lipinski definition) is 1. The Kier molecular flexibility index (Phi) is 4.49. The minimum Gasteiger partial charge on any atom is -0.398 e. The Labute approximate surface area is 94.6 Å². The van der Waals surface area contributed by atoms with E-state index in [1.54, 1.807) is 11.9 Å². The lowest BCUT2D eigenvalue weighted by Gasteiger charge is -2.17. The monoisotopic (exact) mass is 224 g/mol. The highest BCUT2D eigenvalue weighted by atomic mass is 32.2. The smallest absolute Gasteiger partial charge is 0.232 e. The van der Waals surface area contributed by atoms with Crippen LogP contribution in [0.15, 0.2) is 24.3 Å². The zero-order valence-electron chi connectivity index (χ0n) is 9.06. The molecular formula is C11H16N2OS. The summed E-state index contributed by atoms with van der Waals surface area (Å²) in [6.07, 6.45) is 1.92. The largest absolute Gasteiger partial charge is 0.398 e. The molecule has 82 valence electrons. The van der Waals surface area contributed by atoms with Gasteiger partial charge >= 0.3 is 0 Å². The van der Waals surface area contributed by atoms with E-state index >= 15 is 0 Å². The fraction of sp³-hybridized carbons (Fsp3) is 0.364. The van der Waals surface area contributed by atoms with Crippen molar-refractivity contribution in [2.75, 3.05) is 24.8 Å². The molecule has 1 amide bonds. The SMILES string of the molecule is CSCC(=O)N(C)Cc1ccccc1N. The summed E-state index contributed by atoms with van der Waals surface area (Å²) in [5, 5.41) is 0. The van der Waals surface area contributed by atoms with Crippen LogP contribution in [0.1, 0.15) is 5.56 Å². The van der Waals surface area contributed by atoms with Gasteiger partial charge in [-0.15, -0.1) is 0 Å². The maximum atomic E-state index is 11.5. The fourth-order valence-corrected chi connectivity index (χ4v) is 1.72. The van der Waals surface area contributed by atoms with Gasteiger partial charge in [-0.25, -0.2) is 0 Å². The summed E-state index contributed by atoms with van der Waals surface area (Å²) in [7, 11) is 1.80. The van der Waals surface area contributed by atoms with Gasteiger partial charge in [0.2, 0.25) is 5.91 Å². The molecule has 0 aliphatic heterocycles. The van der Waals surface area contributed by atoms with Crippen LogP contribution < -0.4 is 5.73 Å². The lowest BCUT2D eigenvalue weighted by atomic mass is 10.2. The molecule has 0 heterocycles. The van der Waals surface area contributed by atoms with E-state index in [1.165, 1.54) is 11.8 Å². The second kappa shape index (κ2) is 5.66. The third-order valence-electron chi connectivity index (χ3n) is 2.16. The summed E-state index contributed by atoms with van der Waals surface area (Å²) in [6, 6.07) is 7.61. The molecule has 0 unspecified atom stereocenters. The molecule has 0 aromatic heterocycles. The van der Waals surface area contributed by atoms with Crippen LogP contribution in [0.3, 0.4) is 0 Å². The van der Waals surface area contributed by atoms with Gasteiger partial charge in [0, 0.05) is 19.3 Å². The predicted octanol–water partition coefficient (Wildman–Crippen LogP) is 1.59. The molecule has 0 aliphatic carbocycles. The summed E-state index contributed by atoms with van der Waals surface area (Å²) >= 11 is 1.53. The van der Waals surface area contributed by atoms with Crippen molar-refractivity contribution in [2.24, 2.45) is 0 Å². The molecule has 0 spiro atoms. The number of benzene rings is 1. The highest BCUT2D eigenvalue weighted by Gasteiger charge is 2.09. The summed E-state index contributed by atoms with van der Waals surface area (Å²) in [5.74, 6) is 0.647. The van der Waals surface area contributed by atoms with E-state index in [9.17, 15) is 4.79 Å². The first-order valence-electron chi connectivity index (χ1n) is 4.71. The van der Waals surface area contributed by atoms with Crippen molar-refractivity contribution in [1.29, 1.82) is 0 Å². The van der Waals surface area contributed by atoms with Crippen LogP contribution in [-0.4, -0.2) is 29.9 Å².